The second-order valence-corrected chi connectivity index (χ2v) is 9.11. The van der Waals surface area contributed by atoms with Gasteiger partial charge in [0.25, 0.3) is 0 Å². The molecule has 1 aliphatic heterocycles. The third-order valence-electron chi connectivity index (χ3n) is 4.98. The fraction of sp³-hybridized carbons (Fsp3) is 0.450. The molecule has 0 unspecified atom stereocenters. The summed E-state index contributed by atoms with van der Waals surface area (Å²) >= 11 is 0. The predicted octanol–water partition coefficient (Wildman–Crippen LogP) is 0.166. The number of rotatable bonds is 9. The molecule has 1 amide bonds. The lowest BCUT2D eigenvalue weighted by molar-refractivity contribution is -0.122. The summed E-state index contributed by atoms with van der Waals surface area (Å²) in [6, 6.07) is 8.06. The van der Waals surface area contributed by atoms with E-state index in [9.17, 15) is 13.2 Å². The van der Waals surface area contributed by atoms with E-state index < -0.39 is 9.84 Å². The molecule has 0 radical (unpaired) electrons. The summed E-state index contributed by atoms with van der Waals surface area (Å²) in [5, 5.41) is 2.88. The predicted molar refractivity (Wildman–Crippen MR) is 116 cm³/mol. The number of nitrogens with one attached hydrogen (secondary N) is 1. The van der Waals surface area contributed by atoms with Gasteiger partial charge in [-0.05, 0) is 18.6 Å². The molecule has 1 fully saturated rings. The van der Waals surface area contributed by atoms with Crippen LogP contribution in [0.2, 0.25) is 0 Å². The molecule has 2 aromatic rings. The van der Waals surface area contributed by atoms with Crippen LogP contribution in [0.5, 0.6) is 0 Å². The molecule has 0 atom stereocenters. The molecule has 0 bridgehead atoms. The van der Waals surface area contributed by atoms with Gasteiger partial charge in [-0.15, -0.1) is 0 Å². The van der Waals surface area contributed by atoms with E-state index in [1.165, 1.54) is 18.3 Å². The number of carbonyl (C=O) groups is 1. The van der Waals surface area contributed by atoms with E-state index in [-0.39, 0.29) is 21.5 Å². The highest BCUT2D eigenvalue weighted by Gasteiger charge is 2.25. The number of anilines is 2. The molecule has 31 heavy (non-hydrogen) atoms. The van der Waals surface area contributed by atoms with Crippen LogP contribution in [0.25, 0.3) is 0 Å². The molecule has 3 rings (SSSR count). The molecule has 3 N–H and O–H groups in total. The normalized spacial score (nSPS) is 15.1. The molecule has 0 aliphatic carbocycles. The minimum Gasteiger partial charge on any atom is -0.385 e. The summed E-state index contributed by atoms with van der Waals surface area (Å²) in [6.07, 6.45) is 2.05. The Morgan fingerprint density at radius 1 is 1.19 bits per heavy atom. The van der Waals surface area contributed by atoms with Gasteiger partial charge in [0.15, 0.2) is 0 Å². The Hall–Kier alpha value is -2.76. The first-order chi connectivity index (χ1) is 14.9. The van der Waals surface area contributed by atoms with Crippen molar-refractivity contribution >= 4 is 27.5 Å². The molecule has 1 saturated heterocycles. The van der Waals surface area contributed by atoms with Crippen LogP contribution in [-0.2, 0) is 19.4 Å². The van der Waals surface area contributed by atoms with Crippen molar-refractivity contribution in [3.8, 4) is 0 Å². The molecule has 168 valence electrons. The lowest BCUT2D eigenvalue weighted by Gasteiger charge is -2.34. The average Bonchev–Trinajstić information content (AvgIpc) is 2.77. The first-order valence-electron chi connectivity index (χ1n) is 10.1. The number of piperazine rings is 1. The fourth-order valence-corrected chi connectivity index (χ4v) is 4.55. The van der Waals surface area contributed by atoms with Crippen LogP contribution in [-0.4, -0.2) is 82.2 Å². The van der Waals surface area contributed by atoms with E-state index in [0.717, 1.165) is 6.42 Å². The second-order valence-electron chi connectivity index (χ2n) is 7.20. The number of nitrogen functional groups attached to an aromatic ring is 1. The number of nitrogens with zero attached hydrogens (tertiary/aromatic N) is 4. The van der Waals surface area contributed by atoms with Crippen LogP contribution in [0.3, 0.4) is 0 Å². The third-order valence-corrected chi connectivity index (χ3v) is 6.77. The van der Waals surface area contributed by atoms with Crippen LogP contribution >= 0.6 is 0 Å². The molecular formula is C20H28N6O4S. The monoisotopic (exact) mass is 448 g/mol. The highest BCUT2D eigenvalue weighted by Crippen LogP contribution is 2.25. The molecular weight excluding hydrogens is 420 g/mol. The minimum absolute atomic E-state index is 0.0134. The Morgan fingerprint density at radius 2 is 1.90 bits per heavy atom. The number of nitrogens with two attached hydrogens (primary N) is 1. The van der Waals surface area contributed by atoms with Gasteiger partial charge in [0.05, 0.1) is 17.6 Å². The minimum atomic E-state index is -3.78. The van der Waals surface area contributed by atoms with Crippen LogP contribution in [0.15, 0.2) is 46.3 Å². The molecule has 1 aromatic heterocycles. The molecule has 2 heterocycles. The number of hydrogen-bond donors (Lipinski definition) is 2. The molecule has 1 aromatic carbocycles. The lowest BCUT2D eigenvalue weighted by atomic mass is 10.3. The van der Waals surface area contributed by atoms with E-state index in [1.54, 1.807) is 25.3 Å². The topological polar surface area (TPSA) is 131 Å². The van der Waals surface area contributed by atoms with Gasteiger partial charge in [-0.1, -0.05) is 18.2 Å². The van der Waals surface area contributed by atoms with Crippen LogP contribution < -0.4 is 16.0 Å². The van der Waals surface area contributed by atoms with Gasteiger partial charge in [-0.2, -0.15) is 4.98 Å². The van der Waals surface area contributed by atoms with Crippen LogP contribution in [0.1, 0.15) is 6.42 Å². The standard InChI is InChI=1S/C20H28N6O4S/c1-30-13-5-8-22-18(27)15-25-9-11-26(12-10-25)20-23-14-17(19(21)24-20)31(28,29)16-6-3-2-4-7-16/h2-4,6-7,14H,5,8-13,15H2,1H3,(H,22,27)(H2,21,23,24). The van der Waals surface area contributed by atoms with Crippen molar-refractivity contribution in [3.63, 3.8) is 0 Å². The molecule has 10 nitrogen and oxygen atoms in total. The number of amides is 1. The van der Waals surface area contributed by atoms with Crippen molar-refractivity contribution in [1.82, 2.24) is 20.2 Å². The quantitative estimate of drug-likeness (QED) is 0.515. The summed E-state index contributed by atoms with van der Waals surface area (Å²) in [6.45, 7) is 4.10. The van der Waals surface area contributed by atoms with Gasteiger partial charge in [-0.25, -0.2) is 13.4 Å². The average molecular weight is 449 g/mol. The van der Waals surface area contributed by atoms with Crippen molar-refractivity contribution in [2.24, 2.45) is 0 Å². The maximum absolute atomic E-state index is 12.8. The van der Waals surface area contributed by atoms with Crippen LogP contribution in [0.4, 0.5) is 11.8 Å². The highest BCUT2D eigenvalue weighted by molar-refractivity contribution is 7.91. The fourth-order valence-electron chi connectivity index (χ4n) is 3.27. The summed E-state index contributed by atoms with van der Waals surface area (Å²) < 4.78 is 30.5. The SMILES string of the molecule is COCCCNC(=O)CN1CCN(c2ncc(S(=O)(=O)c3ccccc3)c(N)n2)CC1. The zero-order chi connectivity index (χ0) is 22.3. The third kappa shape index (κ3) is 5.90. The first-order valence-corrected chi connectivity index (χ1v) is 11.6. The molecule has 1 aliphatic rings. The van der Waals surface area contributed by atoms with Crippen molar-refractivity contribution in [2.75, 3.05) is 63.6 Å². The number of hydrogen-bond acceptors (Lipinski definition) is 9. The van der Waals surface area contributed by atoms with E-state index in [0.29, 0.717) is 51.8 Å². The van der Waals surface area contributed by atoms with E-state index in [2.05, 4.69) is 20.2 Å². The van der Waals surface area contributed by atoms with Crippen molar-refractivity contribution in [1.29, 1.82) is 0 Å². The Kier molecular flexibility index (Phi) is 7.77. The van der Waals surface area contributed by atoms with E-state index >= 15 is 0 Å². The maximum Gasteiger partial charge on any atom is 0.234 e. The smallest absolute Gasteiger partial charge is 0.234 e. The Morgan fingerprint density at radius 3 is 2.55 bits per heavy atom. The van der Waals surface area contributed by atoms with Crippen molar-refractivity contribution in [2.45, 2.75) is 16.2 Å². The van der Waals surface area contributed by atoms with E-state index in [1.807, 2.05) is 4.90 Å². The Labute approximate surface area is 182 Å². The molecule has 11 heteroatoms. The summed E-state index contributed by atoms with van der Waals surface area (Å²) in [5.41, 5.74) is 5.98. The second kappa shape index (κ2) is 10.5. The molecule has 0 saturated carbocycles. The molecule has 0 spiro atoms. The number of methoxy groups -OCH3 is 1. The zero-order valence-electron chi connectivity index (χ0n) is 17.5. The van der Waals surface area contributed by atoms with Gasteiger partial charge < -0.3 is 20.7 Å². The summed E-state index contributed by atoms with van der Waals surface area (Å²) in [4.78, 5) is 24.5. The zero-order valence-corrected chi connectivity index (χ0v) is 18.3. The summed E-state index contributed by atoms with van der Waals surface area (Å²) in [5.74, 6) is 0.292. The largest absolute Gasteiger partial charge is 0.385 e. The van der Waals surface area contributed by atoms with Gasteiger partial charge >= 0.3 is 0 Å². The van der Waals surface area contributed by atoms with Crippen molar-refractivity contribution < 1.29 is 17.9 Å². The number of sulfone groups is 1. The Balaban J connectivity index is 1.57. The van der Waals surface area contributed by atoms with Gasteiger partial charge in [0.1, 0.15) is 10.7 Å². The highest BCUT2D eigenvalue weighted by atomic mass is 32.2. The van der Waals surface area contributed by atoms with E-state index in [4.69, 9.17) is 10.5 Å². The number of carbonyl (C=O) groups excluding carboxylic acids is 1. The Bertz CT molecular complexity index is 978. The maximum atomic E-state index is 12.8. The van der Waals surface area contributed by atoms with Crippen molar-refractivity contribution in [3.05, 3.63) is 36.5 Å². The number of aromatic nitrogens is 2. The van der Waals surface area contributed by atoms with Gasteiger partial charge in [-0.3, -0.25) is 9.69 Å². The van der Waals surface area contributed by atoms with Gasteiger partial charge in [0.2, 0.25) is 21.7 Å². The summed E-state index contributed by atoms with van der Waals surface area (Å²) in [7, 11) is -2.15. The number of ether oxygens (including phenoxy) is 1. The lowest BCUT2D eigenvalue weighted by Crippen LogP contribution is -2.50. The number of benzene rings is 1. The van der Waals surface area contributed by atoms with Gasteiger partial charge in [0, 0.05) is 46.4 Å². The van der Waals surface area contributed by atoms with Crippen LogP contribution in [0, 0.1) is 0 Å². The first kappa shape index (κ1) is 22.9.